The van der Waals surface area contributed by atoms with Gasteiger partial charge >= 0.3 is 0 Å². The Kier molecular flexibility index (Phi) is 6.28. The number of aryl methyl sites for hydroxylation is 1. The molecule has 1 aromatic carbocycles. The first kappa shape index (κ1) is 18.5. The number of hydrogen-bond donors (Lipinski definition) is 1. The number of morpholine rings is 1. The molecule has 1 aliphatic rings. The molecule has 6 heteroatoms. The van der Waals surface area contributed by atoms with Gasteiger partial charge in [-0.2, -0.15) is 5.10 Å². The van der Waals surface area contributed by atoms with Crippen LogP contribution in [-0.4, -0.2) is 53.4 Å². The lowest BCUT2D eigenvalue weighted by Gasteiger charge is -2.35. The molecule has 1 fully saturated rings. The summed E-state index contributed by atoms with van der Waals surface area (Å²) < 4.78 is 7.77. The highest BCUT2D eigenvalue weighted by atomic mass is 16.5. The Morgan fingerprint density at radius 3 is 2.88 bits per heavy atom. The number of aliphatic imine (C=N–C) groups is 1. The van der Waals surface area contributed by atoms with Crippen LogP contribution in [0.25, 0.3) is 0 Å². The summed E-state index contributed by atoms with van der Waals surface area (Å²) in [7, 11) is 1.93. The van der Waals surface area contributed by atoms with Gasteiger partial charge in [-0.1, -0.05) is 37.3 Å². The number of aromatic nitrogens is 2. The van der Waals surface area contributed by atoms with Gasteiger partial charge in [0.1, 0.15) is 6.10 Å². The van der Waals surface area contributed by atoms with Crippen molar-refractivity contribution in [2.75, 3.05) is 32.8 Å². The zero-order valence-corrected chi connectivity index (χ0v) is 15.9. The van der Waals surface area contributed by atoms with Crippen LogP contribution in [0.5, 0.6) is 0 Å². The summed E-state index contributed by atoms with van der Waals surface area (Å²) in [5, 5.41) is 7.70. The van der Waals surface area contributed by atoms with Crippen molar-refractivity contribution in [3.8, 4) is 0 Å². The number of ether oxygens (including phenoxy) is 1. The molecule has 0 radical (unpaired) electrons. The number of benzene rings is 1. The SMILES string of the molecule is CCNC(=NCC(C)c1ccccc1)N1CCOC(c2cnn(C)c2)C1. The molecule has 3 rings (SSSR count). The summed E-state index contributed by atoms with van der Waals surface area (Å²) >= 11 is 0. The minimum Gasteiger partial charge on any atom is -0.370 e. The highest BCUT2D eigenvalue weighted by Crippen LogP contribution is 2.22. The molecule has 2 heterocycles. The molecule has 1 aromatic heterocycles. The van der Waals surface area contributed by atoms with Crippen LogP contribution in [0.3, 0.4) is 0 Å². The third-order valence-electron chi connectivity index (χ3n) is 4.68. The molecule has 26 heavy (non-hydrogen) atoms. The Morgan fingerprint density at radius 1 is 1.38 bits per heavy atom. The first-order chi connectivity index (χ1) is 12.7. The van der Waals surface area contributed by atoms with Gasteiger partial charge in [-0.05, 0) is 12.5 Å². The van der Waals surface area contributed by atoms with Crippen molar-refractivity contribution in [1.29, 1.82) is 0 Å². The summed E-state index contributed by atoms with van der Waals surface area (Å²) in [6.07, 6.45) is 3.94. The summed E-state index contributed by atoms with van der Waals surface area (Å²) in [4.78, 5) is 7.20. The van der Waals surface area contributed by atoms with Crippen molar-refractivity contribution in [2.45, 2.75) is 25.9 Å². The van der Waals surface area contributed by atoms with E-state index >= 15 is 0 Å². The molecular weight excluding hydrogens is 326 g/mol. The van der Waals surface area contributed by atoms with Crippen LogP contribution in [-0.2, 0) is 11.8 Å². The largest absolute Gasteiger partial charge is 0.370 e. The Labute approximate surface area is 155 Å². The topological polar surface area (TPSA) is 54.7 Å². The molecule has 140 valence electrons. The van der Waals surface area contributed by atoms with E-state index in [1.807, 2.05) is 24.1 Å². The average Bonchev–Trinajstić information content (AvgIpc) is 3.12. The van der Waals surface area contributed by atoms with Gasteiger partial charge in [0, 0.05) is 44.4 Å². The third-order valence-corrected chi connectivity index (χ3v) is 4.68. The van der Waals surface area contributed by atoms with E-state index in [1.54, 1.807) is 0 Å². The van der Waals surface area contributed by atoms with Gasteiger partial charge in [-0.25, -0.2) is 0 Å². The fraction of sp³-hybridized carbons (Fsp3) is 0.500. The normalized spacial score (nSPS) is 19.4. The molecule has 1 saturated heterocycles. The van der Waals surface area contributed by atoms with Crippen molar-refractivity contribution < 1.29 is 4.74 Å². The number of rotatable bonds is 5. The Morgan fingerprint density at radius 2 is 2.19 bits per heavy atom. The minimum atomic E-state index is 0.0350. The van der Waals surface area contributed by atoms with E-state index in [4.69, 9.17) is 9.73 Å². The van der Waals surface area contributed by atoms with Crippen LogP contribution in [0.4, 0.5) is 0 Å². The Hall–Kier alpha value is -2.34. The second-order valence-electron chi connectivity index (χ2n) is 6.76. The lowest BCUT2D eigenvalue weighted by Crippen LogP contribution is -2.48. The minimum absolute atomic E-state index is 0.0350. The standard InChI is InChI=1S/C20H29N5O/c1-4-21-20(22-12-16(2)17-8-6-5-7-9-17)25-10-11-26-19(15-25)18-13-23-24(3)14-18/h5-9,13-14,16,19H,4,10-12,15H2,1-3H3,(H,21,22). The van der Waals surface area contributed by atoms with E-state index in [9.17, 15) is 0 Å². The van der Waals surface area contributed by atoms with Crippen molar-refractivity contribution in [3.05, 3.63) is 53.9 Å². The average molecular weight is 355 g/mol. The molecule has 2 atom stereocenters. The smallest absolute Gasteiger partial charge is 0.194 e. The number of hydrogen-bond acceptors (Lipinski definition) is 3. The van der Waals surface area contributed by atoms with Crippen LogP contribution in [0.15, 0.2) is 47.7 Å². The van der Waals surface area contributed by atoms with Gasteiger partial charge in [0.2, 0.25) is 0 Å². The third kappa shape index (κ3) is 4.64. The zero-order chi connectivity index (χ0) is 18.4. The van der Waals surface area contributed by atoms with Gasteiger partial charge < -0.3 is 15.0 Å². The van der Waals surface area contributed by atoms with Crippen molar-refractivity contribution in [1.82, 2.24) is 20.0 Å². The molecule has 1 N–H and O–H groups in total. The maximum absolute atomic E-state index is 5.95. The van der Waals surface area contributed by atoms with E-state index in [1.165, 1.54) is 5.56 Å². The molecular formula is C20H29N5O. The van der Waals surface area contributed by atoms with E-state index in [-0.39, 0.29) is 6.10 Å². The first-order valence-corrected chi connectivity index (χ1v) is 9.35. The summed E-state index contributed by atoms with van der Waals surface area (Å²) in [5.74, 6) is 1.35. The predicted octanol–water partition coefficient (Wildman–Crippen LogP) is 2.56. The number of guanidine groups is 1. The van der Waals surface area contributed by atoms with Gasteiger partial charge in [-0.3, -0.25) is 9.67 Å². The zero-order valence-electron chi connectivity index (χ0n) is 15.9. The molecule has 0 amide bonds. The second-order valence-corrected chi connectivity index (χ2v) is 6.76. The van der Waals surface area contributed by atoms with Gasteiger partial charge in [-0.15, -0.1) is 0 Å². The monoisotopic (exact) mass is 355 g/mol. The maximum atomic E-state index is 5.95. The highest BCUT2D eigenvalue weighted by Gasteiger charge is 2.25. The molecule has 2 aromatic rings. The van der Waals surface area contributed by atoms with Crippen LogP contribution in [0.2, 0.25) is 0 Å². The molecule has 0 aliphatic carbocycles. The fourth-order valence-corrected chi connectivity index (χ4v) is 3.19. The van der Waals surface area contributed by atoms with Crippen molar-refractivity contribution >= 4 is 5.96 Å². The molecule has 0 bridgehead atoms. The lowest BCUT2D eigenvalue weighted by molar-refractivity contribution is -0.00804. The Bertz CT molecular complexity index is 712. The number of nitrogens with one attached hydrogen (secondary N) is 1. The first-order valence-electron chi connectivity index (χ1n) is 9.35. The van der Waals surface area contributed by atoms with Crippen LogP contribution in [0, 0.1) is 0 Å². The van der Waals surface area contributed by atoms with Gasteiger partial charge in [0.15, 0.2) is 5.96 Å². The highest BCUT2D eigenvalue weighted by molar-refractivity contribution is 5.80. The lowest BCUT2D eigenvalue weighted by atomic mass is 10.0. The summed E-state index contributed by atoms with van der Waals surface area (Å²) in [5.41, 5.74) is 2.44. The summed E-state index contributed by atoms with van der Waals surface area (Å²) in [6.45, 7) is 8.28. The van der Waals surface area contributed by atoms with E-state index < -0.39 is 0 Å². The van der Waals surface area contributed by atoms with Gasteiger partial charge in [0.05, 0.1) is 19.3 Å². The van der Waals surface area contributed by atoms with Crippen molar-refractivity contribution in [2.24, 2.45) is 12.0 Å². The van der Waals surface area contributed by atoms with Crippen LogP contribution in [0.1, 0.15) is 37.0 Å². The Balaban J connectivity index is 1.68. The predicted molar refractivity (Wildman–Crippen MR) is 104 cm³/mol. The number of nitrogens with zero attached hydrogens (tertiary/aromatic N) is 4. The molecule has 6 nitrogen and oxygen atoms in total. The van der Waals surface area contributed by atoms with Crippen LogP contribution < -0.4 is 5.32 Å². The quantitative estimate of drug-likeness (QED) is 0.662. The fourth-order valence-electron chi connectivity index (χ4n) is 3.19. The van der Waals surface area contributed by atoms with E-state index in [0.717, 1.165) is 37.7 Å². The second kappa shape index (κ2) is 8.85. The maximum Gasteiger partial charge on any atom is 0.194 e. The molecule has 0 spiro atoms. The summed E-state index contributed by atoms with van der Waals surface area (Å²) in [6, 6.07) is 10.6. The van der Waals surface area contributed by atoms with E-state index in [2.05, 4.69) is 59.5 Å². The molecule has 1 aliphatic heterocycles. The molecule has 0 saturated carbocycles. The van der Waals surface area contributed by atoms with E-state index in [0.29, 0.717) is 12.5 Å². The molecule has 2 unspecified atom stereocenters. The van der Waals surface area contributed by atoms with Crippen molar-refractivity contribution in [3.63, 3.8) is 0 Å². The van der Waals surface area contributed by atoms with Gasteiger partial charge in [0.25, 0.3) is 0 Å². The van der Waals surface area contributed by atoms with Crippen LogP contribution >= 0.6 is 0 Å².